The minimum Gasteiger partial charge on any atom is -0.449 e. The molecule has 0 aliphatic rings. The van der Waals surface area contributed by atoms with Crippen LogP contribution >= 0.6 is 11.6 Å². The van der Waals surface area contributed by atoms with E-state index < -0.39 is 23.9 Å². The molecule has 0 saturated carbocycles. The highest BCUT2D eigenvalue weighted by Crippen LogP contribution is 2.20. The fraction of sp³-hybridized carbons (Fsp3) is 0.118. The molecule has 0 aromatic heterocycles. The molecule has 7 nitrogen and oxygen atoms in total. The Labute approximate surface area is 148 Å². The number of hydrogen-bond acceptors (Lipinski definition) is 5. The zero-order chi connectivity index (χ0) is 18.6. The molecule has 130 valence electrons. The van der Waals surface area contributed by atoms with Gasteiger partial charge in [0.1, 0.15) is 0 Å². The zero-order valence-corrected chi connectivity index (χ0v) is 14.0. The van der Waals surface area contributed by atoms with Crippen molar-refractivity contribution in [3.05, 3.63) is 58.6 Å². The predicted molar refractivity (Wildman–Crippen MR) is 94.3 cm³/mol. The van der Waals surface area contributed by atoms with Crippen molar-refractivity contribution in [2.45, 2.75) is 13.0 Å². The standard InChI is InChI=1S/C17H16ClN3O4/c1-9(25-17(24)11-4-7-13(18)14(19)8-11)16(23)21-12-5-2-10(3-6-12)15(20)22/h2-9H,19H2,1H3,(H2,20,22)(H,21,23)/t9-/m0/s1. The van der Waals surface area contributed by atoms with Gasteiger partial charge < -0.3 is 21.5 Å². The monoisotopic (exact) mass is 361 g/mol. The third-order valence-electron chi connectivity index (χ3n) is 3.32. The van der Waals surface area contributed by atoms with Crippen LogP contribution in [0.25, 0.3) is 0 Å². The molecule has 0 spiro atoms. The summed E-state index contributed by atoms with van der Waals surface area (Å²) in [7, 11) is 0. The SMILES string of the molecule is C[C@H](OC(=O)c1ccc(Cl)c(N)c1)C(=O)Nc1ccc(C(N)=O)cc1. The highest BCUT2D eigenvalue weighted by molar-refractivity contribution is 6.33. The number of nitrogens with two attached hydrogens (primary N) is 2. The van der Waals surface area contributed by atoms with Gasteiger partial charge in [-0.05, 0) is 49.4 Å². The van der Waals surface area contributed by atoms with Crippen LogP contribution in [0.15, 0.2) is 42.5 Å². The van der Waals surface area contributed by atoms with Crippen LogP contribution in [0.2, 0.25) is 5.02 Å². The average Bonchev–Trinajstić information content (AvgIpc) is 2.57. The fourth-order valence-corrected chi connectivity index (χ4v) is 2.03. The van der Waals surface area contributed by atoms with Crippen LogP contribution in [0.4, 0.5) is 11.4 Å². The van der Waals surface area contributed by atoms with Crippen LogP contribution in [0.5, 0.6) is 0 Å². The molecule has 0 saturated heterocycles. The van der Waals surface area contributed by atoms with Gasteiger partial charge in [0.05, 0.1) is 16.3 Å². The number of primary amides is 1. The average molecular weight is 362 g/mol. The first-order valence-corrected chi connectivity index (χ1v) is 7.62. The lowest BCUT2D eigenvalue weighted by Gasteiger charge is -2.14. The Balaban J connectivity index is 1.98. The van der Waals surface area contributed by atoms with Gasteiger partial charge in [-0.15, -0.1) is 0 Å². The van der Waals surface area contributed by atoms with Crippen molar-refractivity contribution in [2.75, 3.05) is 11.1 Å². The van der Waals surface area contributed by atoms with Gasteiger partial charge in [-0.2, -0.15) is 0 Å². The molecule has 2 aromatic rings. The van der Waals surface area contributed by atoms with Crippen LogP contribution in [0.1, 0.15) is 27.6 Å². The summed E-state index contributed by atoms with van der Waals surface area (Å²) in [4.78, 5) is 35.1. The number of halogens is 1. The van der Waals surface area contributed by atoms with E-state index in [0.29, 0.717) is 16.3 Å². The van der Waals surface area contributed by atoms with E-state index in [-0.39, 0.29) is 11.3 Å². The first-order valence-electron chi connectivity index (χ1n) is 7.24. The lowest BCUT2D eigenvalue weighted by molar-refractivity contribution is -0.123. The van der Waals surface area contributed by atoms with Crippen molar-refractivity contribution in [3.8, 4) is 0 Å². The molecule has 25 heavy (non-hydrogen) atoms. The third-order valence-corrected chi connectivity index (χ3v) is 3.67. The Kier molecular flexibility index (Phi) is 5.61. The molecule has 2 aromatic carbocycles. The molecule has 0 aliphatic carbocycles. The lowest BCUT2D eigenvalue weighted by Crippen LogP contribution is -2.30. The maximum absolute atomic E-state index is 12.1. The van der Waals surface area contributed by atoms with Gasteiger partial charge in [-0.1, -0.05) is 11.6 Å². The number of hydrogen-bond donors (Lipinski definition) is 3. The number of rotatable bonds is 5. The highest BCUT2D eigenvalue weighted by atomic mass is 35.5. The van der Waals surface area contributed by atoms with Gasteiger partial charge >= 0.3 is 5.97 Å². The van der Waals surface area contributed by atoms with E-state index in [0.717, 1.165) is 0 Å². The molecule has 0 radical (unpaired) electrons. The lowest BCUT2D eigenvalue weighted by atomic mass is 10.2. The predicted octanol–water partition coefficient (Wildman–Crippen LogP) is 2.21. The summed E-state index contributed by atoms with van der Waals surface area (Å²) in [5.74, 6) is -1.79. The van der Waals surface area contributed by atoms with Gasteiger partial charge in [-0.3, -0.25) is 9.59 Å². The molecule has 0 unspecified atom stereocenters. The van der Waals surface area contributed by atoms with Crippen molar-refractivity contribution < 1.29 is 19.1 Å². The van der Waals surface area contributed by atoms with E-state index in [9.17, 15) is 14.4 Å². The molecule has 8 heteroatoms. The third kappa shape index (κ3) is 4.71. The largest absolute Gasteiger partial charge is 0.449 e. The summed E-state index contributed by atoms with van der Waals surface area (Å²) in [5.41, 5.74) is 12.0. The van der Waals surface area contributed by atoms with Crippen molar-refractivity contribution in [1.82, 2.24) is 0 Å². The van der Waals surface area contributed by atoms with Crippen molar-refractivity contribution in [1.29, 1.82) is 0 Å². The minimum absolute atomic E-state index is 0.187. The van der Waals surface area contributed by atoms with Gasteiger partial charge in [0.25, 0.3) is 5.91 Å². The second-order valence-electron chi connectivity index (χ2n) is 5.21. The van der Waals surface area contributed by atoms with Crippen molar-refractivity contribution in [2.24, 2.45) is 5.73 Å². The summed E-state index contributed by atoms with van der Waals surface area (Å²) < 4.78 is 5.10. The van der Waals surface area contributed by atoms with E-state index in [2.05, 4.69) is 5.32 Å². The Morgan fingerprint density at radius 1 is 1.08 bits per heavy atom. The summed E-state index contributed by atoms with van der Waals surface area (Å²) in [6.45, 7) is 1.43. The van der Waals surface area contributed by atoms with E-state index >= 15 is 0 Å². The molecular formula is C17H16ClN3O4. The number of nitrogens with one attached hydrogen (secondary N) is 1. The van der Waals surface area contributed by atoms with E-state index in [4.69, 9.17) is 27.8 Å². The van der Waals surface area contributed by atoms with E-state index in [1.165, 1.54) is 49.4 Å². The first-order chi connectivity index (χ1) is 11.8. The number of esters is 1. The normalized spacial score (nSPS) is 11.4. The van der Waals surface area contributed by atoms with Gasteiger partial charge in [-0.25, -0.2) is 4.79 Å². The summed E-state index contributed by atoms with van der Waals surface area (Å²) in [6.07, 6.45) is -1.04. The van der Waals surface area contributed by atoms with Crippen molar-refractivity contribution in [3.63, 3.8) is 0 Å². The van der Waals surface area contributed by atoms with Crippen LogP contribution < -0.4 is 16.8 Å². The number of benzene rings is 2. The zero-order valence-electron chi connectivity index (χ0n) is 13.3. The first kappa shape index (κ1) is 18.3. The molecule has 0 fully saturated rings. The van der Waals surface area contributed by atoms with Gasteiger partial charge in [0.15, 0.2) is 6.10 Å². The molecule has 2 rings (SSSR count). The number of ether oxygens (including phenoxy) is 1. The fourth-order valence-electron chi connectivity index (χ4n) is 1.91. The van der Waals surface area contributed by atoms with Crippen LogP contribution in [-0.2, 0) is 9.53 Å². The smallest absolute Gasteiger partial charge is 0.338 e. The maximum Gasteiger partial charge on any atom is 0.338 e. The van der Waals surface area contributed by atoms with Gasteiger partial charge in [0, 0.05) is 11.3 Å². The quantitative estimate of drug-likeness (QED) is 0.556. The molecule has 1 atom stereocenters. The number of carbonyl (C=O) groups is 3. The number of anilines is 2. The molecule has 0 heterocycles. The molecule has 0 aliphatic heterocycles. The van der Waals surface area contributed by atoms with Crippen molar-refractivity contribution >= 4 is 40.8 Å². The van der Waals surface area contributed by atoms with Crippen LogP contribution in [0.3, 0.4) is 0 Å². The van der Waals surface area contributed by atoms with Gasteiger partial charge in [0.2, 0.25) is 5.91 Å². The van der Waals surface area contributed by atoms with E-state index in [1.54, 1.807) is 0 Å². The van der Waals surface area contributed by atoms with Crippen LogP contribution in [0, 0.1) is 0 Å². The Morgan fingerprint density at radius 2 is 1.68 bits per heavy atom. The minimum atomic E-state index is -1.04. The van der Waals surface area contributed by atoms with E-state index in [1.807, 2.05) is 0 Å². The number of amides is 2. The maximum atomic E-state index is 12.1. The topological polar surface area (TPSA) is 125 Å². The highest BCUT2D eigenvalue weighted by Gasteiger charge is 2.19. The summed E-state index contributed by atoms with van der Waals surface area (Å²) in [5, 5.41) is 2.89. The number of carbonyl (C=O) groups excluding carboxylic acids is 3. The summed E-state index contributed by atoms with van der Waals surface area (Å²) >= 11 is 5.79. The summed E-state index contributed by atoms with van der Waals surface area (Å²) in [6, 6.07) is 10.3. The molecule has 5 N–H and O–H groups in total. The second kappa shape index (κ2) is 7.67. The Bertz CT molecular complexity index is 821. The number of nitrogen functional groups attached to an aromatic ring is 1. The Hall–Kier alpha value is -3.06. The van der Waals surface area contributed by atoms with Crippen LogP contribution in [-0.4, -0.2) is 23.9 Å². The molecule has 2 amide bonds. The molecule has 0 bridgehead atoms. The molecular weight excluding hydrogens is 346 g/mol. The Morgan fingerprint density at radius 3 is 2.24 bits per heavy atom. The second-order valence-corrected chi connectivity index (χ2v) is 5.62.